The number of aromatic nitrogens is 1. The van der Waals surface area contributed by atoms with Crippen LogP contribution in [0.15, 0.2) is 42.7 Å². The predicted octanol–water partition coefficient (Wildman–Crippen LogP) is 2.19. The second-order valence-electron chi connectivity index (χ2n) is 9.11. The van der Waals surface area contributed by atoms with Crippen LogP contribution in [0.2, 0.25) is 0 Å². The third-order valence-corrected chi connectivity index (χ3v) is 6.30. The zero-order chi connectivity index (χ0) is 25.0. The van der Waals surface area contributed by atoms with Crippen molar-refractivity contribution in [2.24, 2.45) is 11.1 Å². The maximum Gasteiger partial charge on any atom is 0.241 e. The number of primary amides is 1. The van der Waals surface area contributed by atoms with Gasteiger partial charge in [-0.05, 0) is 57.0 Å². The standard InChI is InChI=1S/C25H33N5O4/c1-17(22(26)31)30(16-18-9-11-27-12-10-18)13-6-14-34-19-7-8-20-21(15-19)29(5)24(33)25(2,3)23(32)28(20)4/h7-12,15,17H,6,13-14,16H2,1-5H3,(H2,26,31). The number of nitrogens with two attached hydrogens (primary N) is 1. The molecule has 1 aromatic carbocycles. The first-order valence-corrected chi connectivity index (χ1v) is 11.3. The summed E-state index contributed by atoms with van der Waals surface area (Å²) in [6.45, 7) is 6.67. The Morgan fingerprint density at radius 3 is 2.32 bits per heavy atom. The SMILES string of the molecule is CC(C(N)=O)N(CCCOc1ccc2c(c1)N(C)C(=O)C(C)(C)C(=O)N2C)Cc1ccncc1. The Bertz CT molecular complexity index is 1060. The summed E-state index contributed by atoms with van der Waals surface area (Å²) in [7, 11) is 3.34. The molecule has 1 aromatic heterocycles. The van der Waals surface area contributed by atoms with Gasteiger partial charge in [-0.2, -0.15) is 0 Å². The molecule has 3 rings (SSSR count). The number of pyridine rings is 1. The van der Waals surface area contributed by atoms with Crippen LogP contribution >= 0.6 is 0 Å². The fourth-order valence-corrected chi connectivity index (χ4v) is 4.06. The zero-order valence-electron chi connectivity index (χ0n) is 20.4. The van der Waals surface area contributed by atoms with Crippen molar-refractivity contribution in [2.75, 3.05) is 37.0 Å². The van der Waals surface area contributed by atoms with Gasteiger partial charge in [-0.1, -0.05) is 0 Å². The van der Waals surface area contributed by atoms with Crippen molar-refractivity contribution in [1.29, 1.82) is 0 Å². The molecule has 182 valence electrons. The number of fused-ring (bicyclic) bond motifs is 1. The zero-order valence-corrected chi connectivity index (χ0v) is 20.4. The number of nitrogens with zero attached hydrogens (tertiary/aromatic N) is 4. The number of hydrogen-bond donors (Lipinski definition) is 1. The predicted molar refractivity (Wildman–Crippen MR) is 130 cm³/mol. The second kappa shape index (κ2) is 10.2. The van der Waals surface area contributed by atoms with Crippen LogP contribution in [0.5, 0.6) is 5.75 Å². The van der Waals surface area contributed by atoms with Crippen LogP contribution in [0.3, 0.4) is 0 Å². The van der Waals surface area contributed by atoms with Gasteiger partial charge in [-0.3, -0.25) is 24.3 Å². The van der Waals surface area contributed by atoms with E-state index in [1.54, 1.807) is 65.5 Å². The number of anilines is 2. The monoisotopic (exact) mass is 467 g/mol. The van der Waals surface area contributed by atoms with Crippen molar-refractivity contribution < 1.29 is 19.1 Å². The average Bonchev–Trinajstić information content (AvgIpc) is 2.87. The third kappa shape index (κ3) is 5.20. The van der Waals surface area contributed by atoms with E-state index in [1.807, 2.05) is 17.0 Å². The first kappa shape index (κ1) is 25.2. The molecular weight excluding hydrogens is 434 g/mol. The Kier molecular flexibility index (Phi) is 7.56. The van der Waals surface area contributed by atoms with E-state index in [0.29, 0.717) is 43.2 Å². The summed E-state index contributed by atoms with van der Waals surface area (Å²) >= 11 is 0. The van der Waals surface area contributed by atoms with Crippen molar-refractivity contribution in [3.63, 3.8) is 0 Å². The lowest BCUT2D eigenvalue weighted by Crippen LogP contribution is -2.46. The van der Waals surface area contributed by atoms with E-state index in [1.165, 1.54) is 9.80 Å². The van der Waals surface area contributed by atoms with Crippen LogP contribution in [-0.4, -0.2) is 60.9 Å². The lowest BCUT2D eigenvalue weighted by molar-refractivity contribution is -0.137. The highest BCUT2D eigenvalue weighted by atomic mass is 16.5. The average molecular weight is 468 g/mol. The normalized spacial score (nSPS) is 16.3. The topological polar surface area (TPSA) is 109 Å². The molecule has 0 aliphatic carbocycles. The van der Waals surface area contributed by atoms with Gasteiger partial charge in [-0.15, -0.1) is 0 Å². The number of ether oxygens (including phenoxy) is 1. The molecule has 2 aromatic rings. The molecule has 9 nitrogen and oxygen atoms in total. The fraction of sp³-hybridized carbons (Fsp3) is 0.440. The largest absolute Gasteiger partial charge is 0.493 e. The summed E-state index contributed by atoms with van der Waals surface area (Å²) in [5, 5.41) is 0. The Morgan fingerprint density at radius 2 is 1.71 bits per heavy atom. The molecule has 2 heterocycles. The van der Waals surface area contributed by atoms with Crippen molar-refractivity contribution in [2.45, 2.75) is 39.8 Å². The lowest BCUT2D eigenvalue weighted by atomic mass is 9.90. The molecule has 0 saturated heterocycles. The number of hydrogen-bond acceptors (Lipinski definition) is 6. The maximum atomic E-state index is 12.9. The number of rotatable bonds is 9. The molecule has 3 amide bonds. The smallest absolute Gasteiger partial charge is 0.241 e. The Hall–Kier alpha value is -3.46. The van der Waals surface area contributed by atoms with Crippen LogP contribution in [0.1, 0.15) is 32.8 Å². The van der Waals surface area contributed by atoms with Gasteiger partial charge in [0, 0.05) is 45.6 Å². The molecule has 1 unspecified atom stereocenters. The summed E-state index contributed by atoms with van der Waals surface area (Å²) < 4.78 is 5.96. The number of carbonyl (C=O) groups is 3. The minimum Gasteiger partial charge on any atom is -0.493 e. The number of benzene rings is 1. The highest BCUT2D eigenvalue weighted by molar-refractivity contribution is 6.19. The molecule has 0 saturated carbocycles. The minimum absolute atomic E-state index is 0.255. The number of amides is 3. The lowest BCUT2D eigenvalue weighted by Gasteiger charge is -2.27. The van der Waals surface area contributed by atoms with Gasteiger partial charge in [0.05, 0.1) is 24.0 Å². The van der Waals surface area contributed by atoms with E-state index in [0.717, 1.165) is 5.56 Å². The first-order chi connectivity index (χ1) is 16.0. The van der Waals surface area contributed by atoms with E-state index in [9.17, 15) is 14.4 Å². The molecular formula is C25H33N5O4. The van der Waals surface area contributed by atoms with Crippen LogP contribution < -0.4 is 20.3 Å². The number of carbonyl (C=O) groups excluding carboxylic acids is 3. The van der Waals surface area contributed by atoms with E-state index >= 15 is 0 Å². The van der Waals surface area contributed by atoms with Gasteiger partial charge < -0.3 is 20.3 Å². The molecule has 34 heavy (non-hydrogen) atoms. The van der Waals surface area contributed by atoms with E-state index < -0.39 is 11.5 Å². The molecule has 0 radical (unpaired) electrons. The molecule has 1 aliphatic rings. The summed E-state index contributed by atoms with van der Waals surface area (Å²) in [5.74, 6) is -0.306. The van der Waals surface area contributed by atoms with Gasteiger partial charge in [0.2, 0.25) is 17.7 Å². The molecule has 2 N–H and O–H groups in total. The highest BCUT2D eigenvalue weighted by Crippen LogP contribution is 2.39. The quantitative estimate of drug-likeness (QED) is 0.447. The molecule has 9 heteroatoms. The first-order valence-electron chi connectivity index (χ1n) is 11.3. The minimum atomic E-state index is -1.15. The van der Waals surface area contributed by atoms with Gasteiger partial charge in [0.15, 0.2) is 0 Å². The van der Waals surface area contributed by atoms with Crippen molar-refractivity contribution >= 4 is 29.1 Å². The Balaban J connectivity index is 1.67. The highest BCUT2D eigenvalue weighted by Gasteiger charge is 2.44. The van der Waals surface area contributed by atoms with E-state index in [2.05, 4.69) is 4.98 Å². The summed E-state index contributed by atoms with van der Waals surface area (Å²) in [4.78, 5) is 46.5. The van der Waals surface area contributed by atoms with Crippen molar-refractivity contribution in [3.8, 4) is 5.75 Å². The van der Waals surface area contributed by atoms with Crippen LogP contribution in [0.25, 0.3) is 0 Å². The maximum absolute atomic E-state index is 12.9. The summed E-state index contributed by atoms with van der Waals surface area (Å²) in [6.07, 6.45) is 4.11. The van der Waals surface area contributed by atoms with Crippen molar-refractivity contribution in [3.05, 3.63) is 48.3 Å². The van der Waals surface area contributed by atoms with E-state index in [4.69, 9.17) is 10.5 Å². The summed E-state index contributed by atoms with van der Waals surface area (Å²) in [5.41, 5.74) is 6.70. The van der Waals surface area contributed by atoms with E-state index in [-0.39, 0.29) is 17.7 Å². The summed E-state index contributed by atoms with van der Waals surface area (Å²) in [6, 6.07) is 8.76. The van der Waals surface area contributed by atoms with Crippen LogP contribution in [0, 0.1) is 5.41 Å². The molecule has 1 atom stereocenters. The van der Waals surface area contributed by atoms with Crippen LogP contribution in [0.4, 0.5) is 11.4 Å². The van der Waals surface area contributed by atoms with Gasteiger partial charge >= 0.3 is 0 Å². The van der Waals surface area contributed by atoms with Crippen molar-refractivity contribution in [1.82, 2.24) is 9.88 Å². The Labute approximate surface area is 200 Å². The van der Waals surface area contributed by atoms with Crippen LogP contribution in [-0.2, 0) is 20.9 Å². The second-order valence-corrected chi connectivity index (χ2v) is 9.11. The van der Waals surface area contributed by atoms with Gasteiger partial charge in [-0.25, -0.2) is 0 Å². The molecule has 0 fully saturated rings. The molecule has 0 spiro atoms. The molecule has 1 aliphatic heterocycles. The van der Waals surface area contributed by atoms with Gasteiger partial charge in [0.25, 0.3) is 0 Å². The Morgan fingerprint density at radius 1 is 1.09 bits per heavy atom. The van der Waals surface area contributed by atoms with Gasteiger partial charge in [0.1, 0.15) is 11.2 Å². The molecule has 0 bridgehead atoms. The fourth-order valence-electron chi connectivity index (χ4n) is 4.06. The third-order valence-electron chi connectivity index (χ3n) is 6.30.